The van der Waals surface area contributed by atoms with E-state index in [1.807, 2.05) is 13.0 Å². The number of hydrogen-bond donors (Lipinski definition) is 3. The number of nitrogens with one attached hydrogen (secondary N) is 1. The number of anilines is 1. The lowest BCUT2D eigenvalue weighted by molar-refractivity contribution is -0.120. The molecular formula is C14H20N2O2. The van der Waals surface area contributed by atoms with Crippen molar-refractivity contribution in [2.75, 3.05) is 11.9 Å². The minimum Gasteiger partial charge on any atom is -0.506 e. The number of aryl methyl sites for hydroxylation is 1. The summed E-state index contributed by atoms with van der Waals surface area (Å²) in [5.41, 5.74) is 7.17. The van der Waals surface area contributed by atoms with Crippen LogP contribution < -0.4 is 11.1 Å². The first-order valence-electron chi connectivity index (χ1n) is 6.42. The van der Waals surface area contributed by atoms with Crippen LogP contribution in [0, 0.1) is 18.8 Å². The van der Waals surface area contributed by atoms with Gasteiger partial charge in [-0.3, -0.25) is 4.79 Å². The fraction of sp³-hybridized carbons (Fsp3) is 0.500. The second-order valence-corrected chi connectivity index (χ2v) is 5.04. The second-order valence-electron chi connectivity index (χ2n) is 5.04. The highest BCUT2D eigenvalue weighted by Gasteiger charge is 2.32. The Hall–Kier alpha value is -1.55. The van der Waals surface area contributed by atoms with Gasteiger partial charge >= 0.3 is 0 Å². The molecule has 0 saturated heterocycles. The molecule has 0 aromatic heterocycles. The van der Waals surface area contributed by atoms with Crippen molar-refractivity contribution in [3.05, 3.63) is 23.8 Å². The van der Waals surface area contributed by atoms with E-state index in [0.717, 1.165) is 24.8 Å². The van der Waals surface area contributed by atoms with E-state index in [0.29, 0.717) is 12.2 Å². The third-order valence-electron chi connectivity index (χ3n) is 3.71. The third kappa shape index (κ3) is 2.64. The van der Waals surface area contributed by atoms with Crippen molar-refractivity contribution in [3.63, 3.8) is 0 Å². The van der Waals surface area contributed by atoms with Gasteiger partial charge in [0.25, 0.3) is 0 Å². The molecule has 18 heavy (non-hydrogen) atoms. The van der Waals surface area contributed by atoms with Crippen LogP contribution in [0.5, 0.6) is 5.75 Å². The summed E-state index contributed by atoms with van der Waals surface area (Å²) in [6, 6.07) is 5.18. The molecule has 1 aromatic carbocycles. The summed E-state index contributed by atoms with van der Waals surface area (Å²) in [6.45, 7) is 2.48. The van der Waals surface area contributed by atoms with Crippen LogP contribution in [-0.4, -0.2) is 17.6 Å². The summed E-state index contributed by atoms with van der Waals surface area (Å²) < 4.78 is 0. The zero-order chi connectivity index (χ0) is 13.1. The SMILES string of the molecule is Cc1ccc(O)c(NC(=O)C2CCCC2CN)c1. The predicted molar refractivity (Wildman–Crippen MR) is 71.4 cm³/mol. The first-order valence-corrected chi connectivity index (χ1v) is 6.42. The van der Waals surface area contributed by atoms with Crippen molar-refractivity contribution in [1.82, 2.24) is 0 Å². The fourth-order valence-corrected chi connectivity index (χ4v) is 2.64. The Morgan fingerprint density at radius 1 is 1.50 bits per heavy atom. The molecule has 1 saturated carbocycles. The fourth-order valence-electron chi connectivity index (χ4n) is 2.64. The van der Waals surface area contributed by atoms with Crippen molar-refractivity contribution < 1.29 is 9.90 Å². The van der Waals surface area contributed by atoms with Gasteiger partial charge in [-0.1, -0.05) is 12.5 Å². The highest BCUT2D eigenvalue weighted by Crippen LogP contribution is 2.33. The maximum atomic E-state index is 12.2. The molecule has 1 aromatic rings. The summed E-state index contributed by atoms with van der Waals surface area (Å²) in [5, 5.41) is 12.5. The maximum Gasteiger partial charge on any atom is 0.227 e. The molecule has 2 rings (SSSR count). The number of nitrogens with two attached hydrogens (primary N) is 1. The largest absolute Gasteiger partial charge is 0.506 e. The number of aromatic hydroxyl groups is 1. The van der Waals surface area contributed by atoms with Crippen LogP contribution >= 0.6 is 0 Å². The van der Waals surface area contributed by atoms with Crippen molar-refractivity contribution >= 4 is 11.6 Å². The molecule has 98 valence electrons. The molecule has 1 aliphatic rings. The lowest BCUT2D eigenvalue weighted by Gasteiger charge is -2.18. The van der Waals surface area contributed by atoms with Gasteiger partial charge in [0.2, 0.25) is 5.91 Å². The van der Waals surface area contributed by atoms with E-state index in [9.17, 15) is 9.90 Å². The normalized spacial score (nSPS) is 23.0. The predicted octanol–water partition coefficient (Wildman–Crippen LogP) is 2.01. The van der Waals surface area contributed by atoms with E-state index in [1.165, 1.54) is 0 Å². The second kappa shape index (κ2) is 5.40. The van der Waals surface area contributed by atoms with Crippen LogP contribution in [0.4, 0.5) is 5.69 Å². The molecule has 0 bridgehead atoms. The lowest BCUT2D eigenvalue weighted by atomic mass is 9.95. The van der Waals surface area contributed by atoms with Gasteiger partial charge in [0.1, 0.15) is 5.75 Å². The summed E-state index contributed by atoms with van der Waals surface area (Å²) in [7, 11) is 0. The monoisotopic (exact) mass is 248 g/mol. The van der Waals surface area contributed by atoms with Crippen molar-refractivity contribution in [1.29, 1.82) is 0 Å². The number of carbonyl (C=O) groups is 1. The Morgan fingerprint density at radius 3 is 3.00 bits per heavy atom. The van der Waals surface area contributed by atoms with Gasteiger partial charge in [-0.05, 0) is 49.9 Å². The minimum atomic E-state index is -0.0242. The molecule has 0 heterocycles. The van der Waals surface area contributed by atoms with Gasteiger partial charge in [0.05, 0.1) is 5.69 Å². The standard InChI is InChI=1S/C14H20N2O2/c1-9-5-6-13(17)12(7-9)16-14(18)11-4-2-3-10(11)8-15/h5-7,10-11,17H,2-4,8,15H2,1H3,(H,16,18). The first kappa shape index (κ1) is 12.9. The van der Waals surface area contributed by atoms with Crippen molar-refractivity contribution in [2.24, 2.45) is 17.6 Å². The Bertz CT molecular complexity index is 445. The quantitative estimate of drug-likeness (QED) is 0.716. The molecule has 4 N–H and O–H groups in total. The smallest absolute Gasteiger partial charge is 0.227 e. The van der Waals surface area contributed by atoms with E-state index in [4.69, 9.17) is 5.73 Å². The highest BCUT2D eigenvalue weighted by atomic mass is 16.3. The lowest BCUT2D eigenvalue weighted by Crippen LogP contribution is -2.29. The Labute approximate surface area is 107 Å². The Morgan fingerprint density at radius 2 is 2.28 bits per heavy atom. The van der Waals surface area contributed by atoms with Gasteiger partial charge in [-0.2, -0.15) is 0 Å². The van der Waals surface area contributed by atoms with E-state index >= 15 is 0 Å². The zero-order valence-corrected chi connectivity index (χ0v) is 10.6. The van der Waals surface area contributed by atoms with Crippen LogP contribution in [0.25, 0.3) is 0 Å². The Kier molecular flexibility index (Phi) is 3.87. The highest BCUT2D eigenvalue weighted by molar-refractivity contribution is 5.94. The summed E-state index contributed by atoms with van der Waals surface area (Å²) in [5.74, 6) is 0.340. The van der Waals surface area contributed by atoms with Crippen LogP contribution in [0.3, 0.4) is 0 Å². The molecule has 4 heteroatoms. The van der Waals surface area contributed by atoms with Gasteiger partial charge in [-0.15, -0.1) is 0 Å². The van der Waals surface area contributed by atoms with Crippen molar-refractivity contribution in [2.45, 2.75) is 26.2 Å². The number of carbonyl (C=O) groups excluding carboxylic acids is 1. The number of benzene rings is 1. The molecule has 1 amide bonds. The number of amides is 1. The molecule has 2 unspecified atom stereocenters. The Balaban J connectivity index is 2.09. The zero-order valence-electron chi connectivity index (χ0n) is 10.6. The third-order valence-corrected chi connectivity index (χ3v) is 3.71. The van der Waals surface area contributed by atoms with E-state index in [2.05, 4.69) is 5.32 Å². The van der Waals surface area contributed by atoms with Gasteiger partial charge in [0, 0.05) is 5.92 Å². The van der Waals surface area contributed by atoms with Gasteiger partial charge in [-0.25, -0.2) is 0 Å². The number of hydrogen-bond acceptors (Lipinski definition) is 3. The number of phenolic OH excluding ortho intramolecular Hbond substituents is 1. The van der Waals surface area contributed by atoms with Crippen molar-refractivity contribution in [3.8, 4) is 5.75 Å². The van der Waals surface area contributed by atoms with Crippen LogP contribution in [0.15, 0.2) is 18.2 Å². The molecule has 0 radical (unpaired) electrons. The average Bonchev–Trinajstić information content (AvgIpc) is 2.82. The molecular weight excluding hydrogens is 228 g/mol. The van der Waals surface area contributed by atoms with Gasteiger partial charge < -0.3 is 16.2 Å². The molecule has 0 aliphatic heterocycles. The van der Waals surface area contributed by atoms with E-state index < -0.39 is 0 Å². The molecule has 2 atom stereocenters. The molecule has 1 aliphatic carbocycles. The van der Waals surface area contributed by atoms with E-state index in [-0.39, 0.29) is 23.5 Å². The average molecular weight is 248 g/mol. The van der Waals surface area contributed by atoms with Gasteiger partial charge in [0.15, 0.2) is 0 Å². The van der Waals surface area contributed by atoms with Crippen LogP contribution in [0.1, 0.15) is 24.8 Å². The summed E-state index contributed by atoms with van der Waals surface area (Å²) in [6.07, 6.45) is 2.97. The van der Waals surface area contributed by atoms with E-state index in [1.54, 1.807) is 12.1 Å². The first-order chi connectivity index (χ1) is 8.61. The van der Waals surface area contributed by atoms with Crippen LogP contribution in [0.2, 0.25) is 0 Å². The topological polar surface area (TPSA) is 75.3 Å². The van der Waals surface area contributed by atoms with Crippen LogP contribution in [-0.2, 0) is 4.79 Å². The number of rotatable bonds is 3. The summed E-state index contributed by atoms with van der Waals surface area (Å²) in [4.78, 5) is 12.2. The minimum absolute atomic E-state index is 0.0186. The maximum absolute atomic E-state index is 12.2. The summed E-state index contributed by atoms with van der Waals surface area (Å²) >= 11 is 0. The molecule has 1 fully saturated rings. The molecule has 0 spiro atoms. The molecule has 4 nitrogen and oxygen atoms in total. The number of phenols is 1.